The number of benzene rings is 2. The molecule has 1 atom stereocenters. The SMILES string of the molecule is CC(C)(C)C(=O)N1CCCC(C(=O)NCc2cn(-c3ccccc3)nc2-c2ccc(F)cc2)C1. The first-order valence-corrected chi connectivity index (χ1v) is 11.7. The predicted molar refractivity (Wildman–Crippen MR) is 130 cm³/mol. The molecule has 0 aliphatic carbocycles. The number of nitrogens with one attached hydrogen (secondary N) is 1. The number of likely N-dealkylation sites (tertiary alicyclic amines) is 1. The van der Waals surface area contributed by atoms with Crippen molar-refractivity contribution in [2.45, 2.75) is 40.2 Å². The van der Waals surface area contributed by atoms with Crippen molar-refractivity contribution in [3.8, 4) is 16.9 Å². The minimum Gasteiger partial charge on any atom is -0.352 e. The highest BCUT2D eigenvalue weighted by Gasteiger charge is 2.33. The first-order valence-electron chi connectivity index (χ1n) is 11.7. The molecule has 0 bridgehead atoms. The summed E-state index contributed by atoms with van der Waals surface area (Å²) in [5, 5.41) is 7.77. The van der Waals surface area contributed by atoms with Crippen LogP contribution in [0.4, 0.5) is 4.39 Å². The van der Waals surface area contributed by atoms with Gasteiger partial charge < -0.3 is 10.2 Å². The van der Waals surface area contributed by atoms with Gasteiger partial charge in [0.2, 0.25) is 11.8 Å². The van der Waals surface area contributed by atoms with E-state index in [4.69, 9.17) is 5.10 Å². The molecule has 3 aromatic rings. The highest BCUT2D eigenvalue weighted by atomic mass is 19.1. The van der Waals surface area contributed by atoms with Crippen LogP contribution in [0.5, 0.6) is 0 Å². The summed E-state index contributed by atoms with van der Waals surface area (Å²) in [6.07, 6.45) is 3.46. The number of nitrogens with zero attached hydrogens (tertiary/aromatic N) is 3. The lowest BCUT2D eigenvalue weighted by molar-refractivity contribution is -0.142. The van der Waals surface area contributed by atoms with Crippen molar-refractivity contribution >= 4 is 11.8 Å². The molecule has 0 saturated carbocycles. The van der Waals surface area contributed by atoms with Gasteiger partial charge in [-0.05, 0) is 49.2 Å². The Balaban J connectivity index is 1.51. The van der Waals surface area contributed by atoms with E-state index in [9.17, 15) is 14.0 Å². The minimum atomic E-state index is -0.464. The molecular formula is C27H31FN4O2. The second-order valence-electron chi connectivity index (χ2n) is 9.85. The van der Waals surface area contributed by atoms with Crippen molar-refractivity contribution in [3.63, 3.8) is 0 Å². The number of amides is 2. The molecule has 2 aromatic carbocycles. The number of halogens is 1. The average Bonchev–Trinajstić information content (AvgIpc) is 3.27. The molecule has 1 unspecified atom stereocenters. The van der Waals surface area contributed by atoms with Crippen molar-refractivity contribution in [3.05, 3.63) is 72.2 Å². The van der Waals surface area contributed by atoms with Crippen LogP contribution in [0, 0.1) is 17.2 Å². The van der Waals surface area contributed by atoms with E-state index in [1.807, 2.05) is 62.2 Å². The molecule has 1 aliphatic heterocycles. The van der Waals surface area contributed by atoms with Crippen molar-refractivity contribution in [1.29, 1.82) is 0 Å². The first-order chi connectivity index (χ1) is 16.2. The average molecular weight is 463 g/mol. The topological polar surface area (TPSA) is 67.2 Å². The Morgan fingerprint density at radius 1 is 1.09 bits per heavy atom. The number of rotatable bonds is 5. The van der Waals surface area contributed by atoms with Gasteiger partial charge in [0, 0.05) is 42.4 Å². The molecule has 1 aromatic heterocycles. The number of aromatic nitrogens is 2. The highest BCUT2D eigenvalue weighted by Crippen LogP contribution is 2.26. The summed E-state index contributed by atoms with van der Waals surface area (Å²) in [5.41, 5.74) is 2.74. The summed E-state index contributed by atoms with van der Waals surface area (Å²) >= 11 is 0. The number of hydrogen-bond donors (Lipinski definition) is 1. The van der Waals surface area contributed by atoms with E-state index in [2.05, 4.69) is 5.32 Å². The lowest BCUT2D eigenvalue weighted by atomic mass is 9.91. The zero-order valence-electron chi connectivity index (χ0n) is 19.9. The summed E-state index contributed by atoms with van der Waals surface area (Å²) in [6.45, 7) is 7.14. The fourth-order valence-corrected chi connectivity index (χ4v) is 4.28. The van der Waals surface area contributed by atoms with Crippen LogP contribution in [0.2, 0.25) is 0 Å². The minimum absolute atomic E-state index is 0.0658. The van der Waals surface area contributed by atoms with Crippen molar-refractivity contribution in [2.75, 3.05) is 13.1 Å². The molecule has 1 fully saturated rings. The molecule has 34 heavy (non-hydrogen) atoms. The molecule has 7 heteroatoms. The normalized spacial score (nSPS) is 16.4. The van der Waals surface area contributed by atoms with Gasteiger partial charge in [-0.15, -0.1) is 0 Å². The van der Waals surface area contributed by atoms with Crippen molar-refractivity contribution in [2.24, 2.45) is 11.3 Å². The standard InChI is InChI=1S/C27H31FN4O2/c1-27(2,3)26(34)31-15-7-8-20(17-31)25(33)29-16-21-18-32(23-9-5-4-6-10-23)30-24(21)19-11-13-22(28)14-12-19/h4-6,9-14,18,20H,7-8,15-17H2,1-3H3,(H,29,33). The van der Waals surface area contributed by atoms with Gasteiger partial charge in [0.1, 0.15) is 5.82 Å². The van der Waals surface area contributed by atoms with Crippen molar-refractivity contribution in [1.82, 2.24) is 20.0 Å². The molecule has 1 N–H and O–H groups in total. The molecule has 178 valence electrons. The van der Waals surface area contributed by atoms with E-state index < -0.39 is 5.41 Å². The van der Waals surface area contributed by atoms with Gasteiger partial charge in [0.15, 0.2) is 0 Å². The quantitative estimate of drug-likeness (QED) is 0.604. The maximum Gasteiger partial charge on any atom is 0.227 e. The summed E-state index contributed by atoms with van der Waals surface area (Å²) in [5.74, 6) is -0.539. The third-order valence-electron chi connectivity index (χ3n) is 6.10. The summed E-state index contributed by atoms with van der Waals surface area (Å²) in [7, 11) is 0. The monoisotopic (exact) mass is 462 g/mol. The Labute approximate surface area is 199 Å². The molecule has 0 spiro atoms. The zero-order chi connectivity index (χ0) is 24.3. The van der Waals surface area contributed by atoms with E-state index in [-0.39, 0.29) is 23.5 Å². The molecule has 4 rings (SSSR count). The van der Waals surface area contributed by atoms with Gasteiger partial charge in [0.05, 0.1) is 17.3 Å². The van der Waals surface area contributed by atoms with Gasteiger partial charge >= 0.3 is 0 Å². The number of carbonyl (C=O) groups is 2. The molecule has 2 amide bonds. The van der Waals surface area contributed by atoms with E-state index in [1.54, 1.807) is 16.8 Å². The van der Waals surface area contributed by atoms with Crippen LogP contribution in [0.25, 0.3) is 16.9 Å². The first kappa shape index (κ1) is 23.7. The van der Waals surface area contributed by atoms with Gasteiger partial charge in [-0.3, -0.25) is 9.59 Å². The second-order valence-corrected chi connectivity index (χ2v) is 9.85. The summed E-state index contributed by atoms with van der Waals surface area (Å²) in [4.78, 5) is 27.5. The lowest BCUT2D eigenvalue weighted by Crippen LogP contribution is -2.48. The van der Waals surface area contributed by atoms with Crippen LogP contribution in [-0.4, -0.2) is 39.6 Å². The van der Waals surface area contributed by atoms with Crippen LogP contribution in [-0.2, 0) is 16.1 Å². The maximum absolute atomic E-state index is 13.5. The number of hydrogen-bond acceptors (Lipinski definition) is 3. The van der Waals surface area contributed by atoms with Crippen LogP contribution in [0.15, 0.2) is 60.8 Å². The molecule has 0 radical (unpaired) electrons. The van der Waals surface area contributed by atoms with Crippen LogP contribution in [0.1, 0.15) is 39.2 Å². The fourth-order valence-electron chi connectivity index (χ4n) is 4.28. The van der Waals surface area contributed by atoms with Crippen LogP contribution < -0.4 is 5.32 Å². The largest absolute Gasteiger partial charge is 0.352 e. The van der Waals surface area contributed by atoms with E-state index in [0.29, 0.717) is 25.3 Å². The maximum atomic E-state index is 13.5. The third kappa shape index (κ3) is 5.35. The molecule has 1 aliphatic rings. The van der Waals surface area contributed by atoms with Gasteiger partial charge in [-0.25, -0.2) is 9.07 Å². The molecule has 1 saturated heterocycles. The Morgan fingerprint density at radius 3 is 2.47 bits per heavy atom. The van der Waals surface area contributed by atoms with Crippen LogP contribution >= 0.6 is 0 Å². The van der Waals surface area contributed by atoms with E-state index >= 15 is 0 Å². The fraction of sp³-hybridized carbons (Fsp3) is 0.370. The zero-order valence-corrected chi connectivity index (χ0v) is 19.9. The predicted octanol–water partition coefficient (Wildman–Crippen LogP) is 4.58. The number of para-hydroxylation sites is 1. The van der Waals surface area contributed by atoms with Crippen molar-refractivity contribution < 1.29 is 14.0 Å². The Kier molecular flexibility index (Phi) is 6.82. The Bertz CT molecular complexity index is 1150. The number of carbonyl (C=O) groups excluding carboxylic acids is 2. The van der Waals surface area contributed by atoms with Gasteiger partial charge in [-0.2, -0.15) is 5.10 Å². The Hall–Kier alpha value is -3.48. The lowest BCUT2D eigenvalue weighted by Gasteiger charge is -2.35. The summed E-state index contributed by atoms with van der Waals surface area (Å²) in [6, 6.07) is 15.9. The molecule has 6 nitrogen and oxygen atoms in total. The Morgan fingerprint density at radius 2 is 1.79 bits per heavy atom. The highest BCUT2D eigenvalue weighted by molar-refractivity contribution is 5.84. The smallest absolute Gasteiger partial charge is 0.227 e. The molecule has 2 heterocycles. The summed E-state index contributed by atoms with van der Waals surface area (Å²) < 4.78 is 15.3. The third-order valence-corrected chi connectivity index (χ3v) is 6.10. The van der Waals surface area contributed by atoms with Gasteiger partial charge in [0.25, 0.3) is 0 Å². The number of piperidine rings is 1. The van der Waals surface area contributed by atoms with E-state index in [1.165, 1.54) is 12.1 Å². The van der Waals surface area contributed by atoms with Gasteiger partial charge in [-0.1, -0.05) is 39.0 Å². The molecular weight excluding hydrogens is 431 g/mol. The van der Waals surface area contributed by atoms with E-state index in [0.717, 1.165) is 29.7 Å². The van der Waals surface area contributed by atoms with Crippen LogP contribution in [0.3, 0.4) is 0 Å². The second kappa shape index (κ2) is 9.79.